The number of morpholine rings is 1. The molecule has 1 aromatic heterocycles. The van der Waals surface area contributed by atoms with Gasteiger partial charge in [0, 0.05) is 25.2 Å². The molecule has 1 aromatic rings. The third kappa shape index (κ3) is 4.30. The van der Waals surface area contributed by atoms with Gasteiger partial charge in [-0.3, -0.25) is 4.90 Å². The van der Waals surface area contributed by atoms with Crippen LogP contribution in [0.5, 0.6) is 0 Å². The van der Waals surface area contributed by atoms with E-state index in [-0.39, 0.29) is 0 Å². The molecular weight excluding hydrogens is 276 g/mol. The molecule has 1 fully saturated rings. The second-order valence-corrected chi connectivity index (χ2v) is 5.67. The third-order valence-corrected chi connectivity index (χ3v) is 3.76. The van der Waals surface area contributed by atoms with Crippen LogP contribution in [0.1, 0.15) is 31.7 Å². The summed E-state index contributed by atoms with van der Waals surface area (Å²) in [6.45, 7) is 9.97. The minimum absolute atomic E-state index is 0.311. The van der Waals surface area contributed by atoms with E-state index >= 15 is 0 Å². The van der Waals surface area contributed by atoms with Crippen LogP contribution >= 0.6 is 11.6 Å². The van der Waals surface area contributed by atoms with E-state index in [1.54, 1.807) is 0 Å². The molecular formula is C14H23ClN4O. The van der Waals surface area contributed by atoms with E-state index in [0.717, 1.165) is 57.2 Å². The maximum Gasteiger partial charge on any atom is 0.138 e. The summed E-state index contributed by atoms with van der Waals surface area (Å²) in [5.74, 6) is 1.17. The fourth-order valence-corrected chi connectivity index (χ4v) is 2.71. The van der Waals surface area contributed by atoms with Gasteiger partial charge in [-0.15, -0.1) is 0 Å². The number of rotatable bonds is 6. The Labute approximate surface area is 125 Å². The predicted molar refractivity (Wildman–Crippen MR) is 81.5 cm³/mol. The van der Waals surface area contributed by atoms with Gasteiger partial charge in [-0.05, 0) is 18.9 Å². The summed E-state index contributed by atoms with van der Waals surface area (Å²) in [5.41, 5.74) is 1.00. The zero-order valence-corrected chi connectivity index (χ0v) is 13.0. The van der Waals surface area contributed by atoms with Crippen LogP contribution < -0.4 is 5.32 Å². The number of anilines is 1. The van der Waals surface area contributed by atoms with Crippen LogP contribution in [0.15, 0.2) is 6.33 Å². The fourth-order valence-electron chi connectivity index (χ4n) is 2.36. The highest BCUT2D eigenvalue weighted by atomic mass is 35.5. The minimum atomic E-state index is 0.311. The van der Waals surface area contributed by atoms with Gasteiger partial charge >= 0.3 is 0 Å². The minimum Gasteiger partial charge on any atom is -0.379 e. The average Bonchev–Trinajstić information content (AvgIpc) is 2.44. The number of hydrogen-bond donors (Lipinski definition) is 1. The summed E-state index contributed by atoms with van der Waals surface area (Å²) in [6.07, 6.45) is 2.59. The highest BCUT2D eigenvalue weighted by Gasteiger charge is 2.13. The lowest BCUT2D eigenvalue weighted by Gasteiger charge is -2.26. The van der Waals surface area contributed by atoms with Gasteiger partial charge in [0.2, 0.25) is 0 Å². The molecule has 2 heterocycles. The van der Waals surface area contributed by atoms with Gasteiger partial charge in [0.15, 0.2) is 0 Å². The summed E-state index contributed by atoms with van der Waals surface area (Å²) < 4.78 is 5.34. The highest BCUT2D eigenvalue weighted by Crippen LogP contribution is 2.27. The Hall–Kier alpha value is -0.910. The van der Waals surface area contributed by atoms with Crippen LogP contribution in [0, 0.1) is 0 Å². The van der Waals surface area contributed by atoms with Crippen molar-refractivity contribution in [3.05, 3.63) is 17.0 Å². The van der Waals surface area contributed by atoms with Crippen molar-refractivity contribution in [1.29, 1.82) is 0 Å². The predicted octanol–water partition coefficient (Wildman–Crippen LogP) is 2.39. The molecule has 0 radical (unpaired) electrons. The molecule has 1 saturated heterocycles. The Kier molecular flexibility index (Phi) is 6.01. The first-order valence-corrected chi connectivity index (χ1v) is 7.60. The van der Waals surface area contributed by atoms with Crippen LogP contribution in [-0.4, -0.2) is 54.3 Å². The molecule has 0 saturated carbocycles. The molecule has 0 aromatic carbocycles. The highest BCUT2D eigenvalue weighted by molar-refractivity contribution is 6.30. The lowest BCUT2D eigenvalue weighted by Crippen LogP contribution is -2.37. The van der Waals surface area contributed by atoms with Crippen molar-refractivity contribution in [2.75, 3.05) is 44.7 Å². The lowest BCUT2D eigenvalue weighted by molar-refractivity contribution is 0.0378. The van der Waals surface area contributed by atoms with Crippen LogP contribution in [0.2, 0.25) is 5.15 Å². The number of ether oxygens (including phenoxy) is 1. The smallest absolute Gasteiger partial charge is 0.138 e. The van der Waals surface area contributed by atoms with E-state index in [0.29, 0.717) is 11.1 Å². The van der Waals surface area contributed by atoms with Crippen molar-refractivity contribution < 1.29 is 4.74 Å². The van der Waals surface area contributed by atoms with Crippen molar-refractivity contribution in [2.24, 2.45) is 0 Å². The zero-order valence-electron chi connectivity index (χ0n) is 12.2. The Morgan fingerprint density at radius 3 is 2.80 bits per heavy atom. The summed E-state index contributed by atoms with van der Waals surface area (Å²) in [7, 11) is 0. The van der Waals surface area contributed by atoms with Gasteiger partial charge in [-0.25, -0.2) is 9.97 Å². The van der Waals surface area contributed by atoms with Gasteiger partial charge in [-0.1, -0.05) is 25.4 Å². The SMILES string of the molecule is CC(C)c1c(Cl)ncnc1NCCCN1CCOCC1. The van der Waals surface area contributed by atoms with Crippen molar-refractivity contribution in [3.63, 3.8) is 0 Å². The van der Waals surface area contributed by atoms with E-state index in [2.05, 4.69) is 34.0 Å². The second-order valence-electron chi connectivity index (χ2n) is 5.32. The summed E-state index contributed by atoms with van der Waals surface area (Å²) in [6, 6.07) is 0. The molecule has 1 aliphatic rings. The third-order valence-electron chi connectivity index (χ3n) is 3.46. The van der Waals surface area contributed by atoms with Gasteiger partial charge in [0.1, 0.15) is 17.3 Å². The molecule has 0 spiro atoms. The van der Waals surface area contributed by atoms with Crippen LogP contribution in [0.3, 0.4) is 0 Å². The number of hydrogen-bond acceptors (Lipinski definition) is 5. The van der Waals surface area contributed by atoms with Crippen molar-refractivity contribution >= 4 is 17.4 Å². The van der Waals surface area contributed by atoms with E-state index in [1.165, 1.54) is 6.33 Å². The van der Waals surface area contributed by atoms with Gasteiger partial charge < -0.3 is 10.1 Å². The number of nitrogens with zero attached hydrogens (tertiary/aromatic N) is 3. The maximum atomic E-state index is 6.15. The van der Waals surface area contributed by atoms with Gasteiger partial charge in [0.05, 0.1) is 13.2 Å². The molecule has 0 atom stereocenters. The van der Waals surface area contributed by atoms with Gasteiger partial charge in [-0.2, -0.15) is 0 Å². The molecule has 0 aliphatic carbocycles. The first kappa shape index (κ1) is 15.5. The molecule has 5 nitrogen and oxygen atoms in total. The van der Waals surface area contributed by atoms with Crippen LogP contribution in [-0.2, 0) is 4.74 Å². The quantitative estimate of drug-likeness (QED) is 0.645. The average molecular weight is 299 g/mol. The van der Waals surface area contributed by atoms with E-state index in [9.17, 15) is 0 Å². The monoisotopic (exact) mass is 298 g/mol. The molecule has 20 heavy (non-hydrogen) atoms. The summed E-state index contributed by atoms with van der Waals surface area (Å²) in [5, 5.41) is 3.93. The van der Waals surface area contributed by atoms with Crippen molar-refractivity contribution in [2.45, 2.75) is 26.2 Å². The van der Waals surface area contributed by atoms with E-state index in [4.69, 9.17) is 16.3 Å². The zero-order chi connectivity index (χ0) is 14.4. The number of halogens is 1. The topological polar surface area (TPSA) is 50.3 Å². The molecule has 2 rings (SSSR count). The Bertz CT molecular complexity index is 422. The first-order valence-electron chi connectivity index (χ1n) is 7.23. The molecule has 6 heteroatoms. The normalized spacial score (nSPS) is 16.6. The van der Waals surface area contributed by atoms with Crippen LogP contribution in [0.25, 0.3) is 0 Å². The first-order chi connectivity index (χ1) is 9.68. The van der Waals surface area contributed by atoms with E-state index in [1.807, 2.05) is 0 Å². The van der Waals surface area contributed by atoms with Gasteiger partial charge in [0.25, 0.3) is 0 Å². The molecule has 0 bridgehead atoms. The molecule has 0 unspecified atom stereocenters. The van der Waals surface area contributed by atoms with Crippen LogP contribution in [0.4, 0.5) is 5.82 Å². The van der Waals surface area contributed by atoms with Crippen molar-refractivity contribution in [3.8, 4) is 0 Å². The fraction of sp³-hybridized carbons (Fsp3) is 0.714. The molecule has 112 valence electrons. The van der Waals surface area contributed by atoms with E-state index < -0.39 is 0 Å². The molecule has 1 N–H and O–H groups in total. The second kappa shape index (κ2) is 7.76. The Morgan fingerprint density at radius 1 is 1.35 bits per heavy atom. The summed E-state index contributed by atoms with van der Waals surface area (Å²) >= 11 is 6.15. The Balaban J connectivity index is 1.80. The largest absolute Gasteiger partial charge is 0.379 e. The Morgan fingerprint density at radius 2 is 2.10 bits per heavy atom. The molecule has 1 aliphatic heterocycles. The standard InChI is InChI=1S/C14H23ClN4O/c1-11(2)12-13(15)17-10-18-14(12)16-4-3-5-19-6-8-20-9-7-19/h10-11H,3-9H2,1-2H3,(H,16,17,18). The summed E-state index contributed by atoms with van der Waals surface area (Å²) in [4.78, 5) is 10.8. The molecule has 0 amide bonds. The number of aromatic nitrogens is 2. The maximum absolute atomic E-state index is 6.15. The van der Waals surface area contributed by atoms with Crippen molar-refractivity contribution in [1.82, 2.24) is 14.9 Å². The number of nitrogens with one attached hydrogen (secondary N) is 1. The lowest BCUT2D eigenvalue weighted by atomic mass is 10.1.